The van der Waals surface area contributed by atoms with Gasteiger partial charge in [-0.3, -0.25) is 0 Å². The predicted octanol–water partition coefficient (Wildman–Crippen LogP) is 2.20. The van der Waals surface area contributed by atoms with Gasteiger partial charge in [-0.15, -0.1) is 0 Å². The van der Waals surface area contributed by atoms with Crippen LogP contribution in [0.2, 0.25) is 0 Å². The van der Waals surface area contributed by atoms with Crippen LogP contribution in [-0.2, 0) is 4.74 Å². The number of para-hydroxylation sites is 2. The van der Waals surface area contributed by atoms with Gasteiger partial charge in [0.1, 0.15) is 0 Å². The van der Waals surface area contributed by atoms with Crippen LogP contribution in [0.1, 0.15) is 13.3 Å². The Hall–Kier alpha value is -1.22. The first kappa shape index (κ1) is 10.3. The van der Waals surface area contributed by atoms with Crippen LogP contribution in [0.3, 0.4) is 0 Å². The number of hydrogen-bond donors (Lipinski definition) is 1. The van der Waals surface area contributed by atoms with Gasteiger partial charge in [0, 0.05) is 0 Å². The van der Waals surface area contributed by atoms with Gasteiger partial charge in [0.05, 0.1) is 25.2 Å². The molecule has 1 fully saturated rings. The van der Waals surface area contributed by atoms with Gasteiger partial charge in [-0.2, -0.15) is 0 Å². The molecule has 0 spiro atoms. The van der Waals surface area contributed by atoms with Crippen LogP contribution in [0.25, 0.3) is 0 Å². The quantitative estimate of drug-likeness (QED) is 0.824. The molecule has 0 aromatic heterocycles. The molecule has 1 aromatic carbocycles. The van der Waals surface area contributed by atoms with E-state index >= 15 is 0 Å². The van der Waals surface area contributed by atoms with Crippen molar-refractivity contribution in [3.8, 4) is 11.5 Å². The highest BCUT2D eigenvalue weighted by atomic mass is 16.5. The lowest BCUT2D eigenvalue weighted by Crippen LogP contribution is -2.46. The van der Waals surface area contributed by atoms with Crippen LogP contribution in [0, 0.1) is 5.41 Å². The molecule has 1 saturated heterocycles. The summed E-state index contributed by atoms with van der Waals surface area (Å²) in [6.45, 7) is 4.27. The van der Waals surface area contributed by atoms with Gasteiger partial charge >= 0.3 is 0 Å². The Morgan fingerprint density at radius 1 is 1.40 bits per heavy atom. The van der Waals surface area contributed by atoms with Gasteiger partial charge in [0.15, 0.2) is 11.5 Å². The smallest absolute Gasteiger partial charge is 0.160 e. The third-order valence-electron chi connectivity index (χ3n) is 2.97. The lowest BCUT2D eigenvalue weighted by atomic mass is 9.84. The molecule has 1 N–H and O–H groups in total. The van der Waals surface area contributed by atoms with E-state index in [9.17, 15) is 5.11 Å². The molecule has 0 saturated carbocycles. The molecule has 3 heteroatoms. The minimum absolute atomic E-state index is 0.155. The third kappa shape index (κ3) is 2.07. The maximum Gasteiger partial charge on any atom is 0.160 e. The van der Waals surface area contributed by atoms with Crippen molar-refractivity contribution in [2.75, 3.05) is 19.8 Å². The van der Waals surface area contributed by atoms with E-state index in [0.29, 0.717) is 12.4 Å². The summed E-state index contributed by atoms with van der Waals surface area (Å²) < 4.78 is 10.8. The van der Waals surface area contributed by atoms with Gasteiger partial charge in [0.25, 0.3) is 0 Å². The van der Waals surface area contributed by atoms with Crippen LogP contribution < -0.4 is 4.74 Å². The van der Waals surface area contributed by atoms with Crippen LogP contribution in [0.15, 0.2) is 24.3 Å². The maximum absolute atomic E-state index is 9.51. The molecular formula is C12H16O3. The Kier molecular flexibility index (Phi) is 2.82. The van der Waals surface area contributed by atoms with E-state index in [0.717, 1.165) is 19.6 Å². The normalized spacial score (nSPS) is 18.2. The molecule has 1 aliphatic heterocycles. The summed E-state index contributed by atoms with van der Waals surface area (Å²) in [5.74, 6) is 0.751. The molecule has 3 nitrogen and oxygen atoms in total. The first-order valence-electron chi connectivity index (χ1n) is 5.24. The number of benzene rings is 1. The molecule has 0 aliphatic carbocycles. The molecule has 0 radical (unpaired) electrons. The van der Waals surface area contributed by atoms with Crippen molar-refractivity contribution in [3.63, 3.8) is 0 Å². The van der Waals surface area contributed by atoms with E-state index in [1.165, 1.54) is 0 Å². The minimum Gasteiger partial charge on any atom is -0.504 e. The second kappa shape index (κ2) is 4.11. The zero-order valence-corrected chi connectivity index (χ0v) is 8.90. The highest BCUT2D eigenvalue weighted by Crippen LogP contribution is 2.33. The minimum atomic E-state index is 0.155. The van der Waals surface area contributed by atoms with Gasteiger partial charge in [-0.1, -0.05) is 19.1 Å². The first-order valence-corrected chi connectivity index (χ1v) is 5.24. The Morgan fingerprint density at radius 2 is 2.13 bits per heavy atom. The third-order valence-corrected chi connectivity index (χ3v) is 2.97. The highest BCUT2D eigenvalue weighted by molar-refractivity contribution is 5.37. The van der Waals surface area contributed by atoms with E-state index < -0.39 is 0 Å². The van der Waals surface area contributed by atoms with Gasteiger partial charge < -0.3 is 14.6 Å². The van der Waals surface area contributed by atoms with Crippen LogP contribution in [-0.4, -0.2) is 24.9 Å². The van der Waals surface area contributed by atoms with Crippen LogP contribution in [0.5, 0.6) is 11.5 Å². The zero-order valence-electron chi connectivity index (χ0n) is 8.90. The van der Waals surface area contributed by atoms with Crippen molar-refractivity contribution in [2.24, 2.45) is 5.41 Å². The van der Waals surface area contributed by atoms with Gasteiger partial charge in [0.2, 0.25) is 0 Å². The number of ether oxygens (including phenoxy) is 2. The number of rotatable bonds is 4. The summed E-state index contributed by atoms with van der Waals surface area (Å²) in [4.78, 5) is 0. The van der Waals surface area contributed by atoms with Gasteiger partial charge in [-0.05, 0) is 18.6 Å². The molecule has 0 bridgehead atoms. The van der Waals surface area contributed by atoms with Crippen molar-refractivity contribution in [2.45, 2.75) is 13.3 Å². The molecule has 82 valence electrons. The Balaban J connectivity index is 1.95. The molecule has 1 heterocycles. The molecule has 0 amide bonds. The molecule has 2 rings (SSSR count). The topological polar surface area (TPSA) is 38.7 Å². The monoisotopic (exact) mass is 208 g/mol. The van der Waals surface area contributed by atoms with Crippen LogP contribution >= 0.6 is 0 Å². The lowest BCUT2D eigenvalue weighted by molar-refractivity contribution is -0.133. The summed E-state index contributed by atoms with van der Waals surface area (Å²) >= 11 is 0. The summed E-state index contributed by atoms with van der Waals surface area (Å²) in [5.41, 5.74) is 0.155. The summed E-state index contributed by atoms with van der Waals surface area (Å²) in [7, 11) is 0. The number of phenolic OH excluding ortho intramolecular Hbond substituents is 1. The van der Waals surface area contributed by atoms with Crippen molar-refractivity contribution in [1.82, 2.24) is 0 Å². The fourth-order valence-corrected chi connectivity index (χ4v) is 1.59. The maximum atomic E-state index is 9.51. The van der Waals surface area contributed by atoms with Crippen LogP contribution in [0.4, 0.5) is 0 Å². The average Bonchev–Trinajstić information content (AvgIpc) is 2.19. The lowest BCUT2D eigenvalue weighted by Gasteiger charge is -2.40. The van der Waals surface area contributed by atoms with Crippen molar-refractivity contribution in [3.05, 3.63) is 24.3 Å². The molecule has 1 aromatic rings. The summed E-state index contributed by atoms with van der Waals surface area (Å²) in [6.07, 6.45) is 1.04. The Labute approximate surface area is 89.6 Å². The Morgan fingerprint density at radius 3 is 2.67 bits per heavy atom. The molecule has 1 aliphatic rings. The fraction of sp³-hybridized carbons (Fsp3) is 0.500. The van der Waals surface area contributed by atoms with E-state index in [-0.39, 0.29) is 11.2 Å². The second-order valence-corrected chi connectivity index (χ2v) is 4.10. The van der Waals surface area contributed by atoms with Crippen molar-refractivity contribution >= 4 is 0 Å². The first-order chi connectivity index (χ1) is 7.26. The standard InChI is InChI=1S/C12H16O3/c1-2-12(7-14-8-12)9-15-11-6-4-3-5-10(11)13/h3-6,13H,2,7-9H2,1H3. The average molecular weight is 208 g/mol. The van der Waals surface area contributed by atoms with Crippen molar-refractivity contribution in [1.29, 1.82) is 0 Å². The summed E-state index contributed by atoms with van der Waals surface area (Å²) in [5, 5.41) is 9.51. The number of phenols is 1. The second-order valence-electron chi connectivity index (χ2n) is 4.10. The highest BCUT2D eigenvalue weighted by Gasteiger charge is 2.37. The Bertz CT molecular complexity index is 326. The van der Waals surface area contributed by atoms with E-state index in [4.69, 9.17) is 9.47 Å². The van der Waals surface area contributed by atoms with Gasteiger partial charge in [-0.25, -0.2) is 0 Å². The largest absolute Gasteiger partial charge is 0.504 e. The molecular weight excluding hydrogens is 192 g/mol. The predicted molar refractivity (Wildman–Crippen MR) is 57.1 cm³/mol. The van der Waals surface area contributed by atoms with Crippen molar-refractivity contribution < 1.29 is 14.6 Å². The van der Waals surface area contributed by atoms with E-state index in [1.807, 2.05) is 6.07 Å². The number of hydrogen-bond acceptors (Lipinski definition) is 3. The SMILES string of the molecule is CCC1(COc2ccccc2O)COC1. The van der Waals surface area contributed by atoms with E-state index in [2.05, 4.69) is 6.92 Å². The zero-order chi connectivity index (χ0) is 10.7. The molecule has 0 atom stereocenters. The molecule has 0 unspecified atom stereocenters. The fourth-order valence-electron chi connectivity index (χ4n) is 1.59. The number of aromatic hydroxyl groups is 1. The molecule has 15 heavy (non-hydrogen) atoms. The summed E-state index contributed by atoms with van der Waals surface area (Å²) in [6, 6.07) is 7.04. The van der Waals surface area contributed by atoms with E-state index in [1.54, 1.807) is 18.2 Å².